The molecule has 0 fully saturated rings. The molecule has 2 N–H and O–H groups in total. The van der Waals surface area contributed by atoms with E-state index < -0.39 is 23.8 Å². The minimum atomic E-state index is -0.884. The molecule has 3 amide bonds. The van der Waals surface area contributed by atoms with Gasteiger partial charge in [-0.05, 0) is 83.1 Å². The van der Waals surface area contributed by atoms with E-state index in [2.05, 4.69) is 17.6 Å². The van der Waals surface area contributed by atoms with E-state index in [0.717, 1.165) is 59.2 Å². The Balaban J connectivity index is 2.66. The first-order chi connectivity index (χ1) is 19.7. The first kappa shape index (κ1) is 34.8. The Labute approximate surface area is 253 Å². The third-order valence-corrected chi connectivity index (χ3v) is 7.71. The summed E-state index contributed by atoms with van der Waals surface area (Å²) in [7, 11) is 0. The Morgan fingerprint density at radius 1 is 0.905 bits per heavy atom. The maximum Gasteiger partial charge on any atom is 0.408 e. The largest absolute Gasteiger partial charge is 0.444 e. The molecule has 2 aromatic rings. The summed E-state index contributed by atoms with van der Waals surface area (Å²) in [5.41, 5.74) is 4.66. The molecule has 0 spiro atoms. The van der Waals surface area contributed by atoms with Crippen LogP contribution in [0.2, 0.25) is 0 Å². The fourth-order valence-corrected chi connectivity index (χ4v) is 5.08. The number of hydrogen-bond acceptors (Lipinski definition) is 4. The van der Waals surface area contributed by atoms with Crippen LogP contribution in [-0.4, -0.2) is 41.0 Å². The number of carbonyl (C=O) groups is 3. The number of aryl methyl sites for hydroxylation is 4. The second-order valence-electron chi connectivity index (χ2n) is 12.6. The van der Waals surface area contributed by atoms with Crippen molar-refractivity contribution in [3.63, 3.8) is 0 Å². The minimum Gasteiger partial charge on any atom is -0.444 e. The highest BCUT2D eigenvalue weighted by Crippen LogP contribution is 2.31. The van der Waals surface area contributed by atoms with E-state index in [9.17, 15) is 14.4 Å². The van der Waals surface area contributed by atoms with Gasteiger partial charge >= 0.3 is 6.09 Å². The van der Waals surface area contributed by atoms with Crippen LogP contribution in [0, 0.1) is 33.6 Å². The van der Waals surface area contributed by atoms with Crippen LogP contribution in [0.3, 0.4) is 0 Å². The zero-order valence-corrected chi connectivity index (χ0v) is 27.5. The SMILES string of the molecule is CCCCCCN(C(=O)C(NC(=O)OC(C)(C)C)C(C)CC)C(C(=O)Nc1c(C)cccc1C)c1cc(C)ccc1C. The summed E-state index contributed by atoms with van der Waals surface area (Å²) in [6.45, 7) is 19.7. The van der Waals surface area contributed by atoms with Gasteiger partial charge in [0, 0.05) is 12.2 Å². The van der Waals surface area contributed by atoms with Crippen molar-refractivity contribution in [2.24, 2.45) is 5.92 Å². The maximum absolute atomic E-state index is 14.6. The van der Waals surface area contributed by atoms with E-state index in [4.69, 9.17) is 4.74 Å². The van der Waals surface area contributed by atoms with E-state index in [-0.39, 0.29) is 17.7 Å². The zero-order chi connectivity index (χ0) is 31.6. The van der Waals surface area contributed by atoms with Crippen LogP contribution >= 0.6 is 0 Å². The highest BCUT2D eigenvalue weighted by atomic mass is 16.6. The number of rotatable bonds is 13. The van der Waals surface area contributed by atoms with Gasteiger partial charge in [0.2, 0.25) is 5.91 Å². The molecule has 7 heteroatoms. The summed E-state index contributed by atoms with van der Waals surface area (Å²) in [4.78, 5) is 43.6. The summed E-state index contributed by atoms with van der Waals surface area (Å²) in [6.07, 6.45) is 3.80. The molecule has 0 heterocycles. The van der Waals surface area contributed by atoms with Crippen LogP contribution in [0.4, 0.5) is 10.5 Å². The van der Waals surface area contributed by atoms with Gasteiger partial charge in [0.25, 0.3) is 5.91 Å². The molecule has 7 nitrogen and oxygen atoms in total. The lowest BCUT2D eigenvalue weighted by atomic mass is 9.93. The van der Waals surface area contributed by atoms with Gasteiger partial charge in [-0.2, -0.15) is 0 Å². The highest BCUT2D eigenvalue weighted by Gasteiger charge is 2.38. The van der Waals surface area contributed by atoms with Crippen LogP contribution in [0.5, 0.6) is 0 Å². The quantitative estimate of drug-likeness (QED) is 0.236. The molecule has 0 saturated heterocycles. The second kappa shape index (κ2) is 15.8. The van der Waals surface area contributed by atoms with Crippen LogP contribution < -0.4 is 10.6 Å². The fraction of sp³-hybridized carbons (Fsp3) is 0.571. The smallest absolute Gasteiger partial charge is 0.408 e. The summed E-state index contributed by atoms with van der Waals surface area (Å²) < 4.78 is 5.54. The van der Waals surface area contributed by atoms with E-state index in [1.807, 2.05) is 77.9 Å². The van der Waals surface area contributed by atoms with Gasteiger partial charge in [0.1, 0.15) is 17.7 Å². The van der Waals surface area contributed by atoms with E-state index in [1.54, 1.807) is 25.7 Å². The van der Waals surface area contributed by atoms with Crippen molar-refractivity contribution in [1.29, 1.82) is 0 Å². The predicted molar refractivity (Wildman–Crippen MR) is 172 cm³/mol. The van der Waals surface area contributed by atoms with Crippen molar-refractivity contribution < 1.29 is 19.1 Å². The molecule has 0 aliphatic heterocycles. The second-order valence-corrected chi connectivity index (χ2v) is 12.6. The molecule has 3 atom stereocenters. The standard InChI is InChI=1S/C35H53N3O4/c1-11-13-14-15-21-38(33(40)30(24(4)12-2)37-34(41)42-35(8,9)10)31(28-22-23(3)19-20-25(28)5)32(39)36-29-26(6)17-16-18-27(29)7/h16-20,22,24,30-31H,11-15,21H2,1-10H3,(H,36,39)(H,37,41). The monoisotopic (exact) mass is 579 g/mol. The van der Waals surface area contributed by atoms with Crippen LogP contribution in [0.1, 0.15) is 108 Å². The Hall–Kier alpha value is -3.35. The van der Waals surface area contributed by atoms with Gasteiger partial charge in [-0.15, -0.1) is 0 Å². The summed E-state index contributed by atoms with van der Waals surface area (Å²) >= 11 is 0. The number of amides is 3. The van der Waals surface area contributed by atoms with Gasteiger partial charge in [-0.3, -0.25) is 9.59 Å². The summed E-state index contributed by atoms with van der Waals surface area (Å²) in [5, 5.41) is 6.03. The number of alkyl carbamates (subject to hydrolysis) is 1. The van der Waals surface area contributed by atoms with Crippen molar-refractivity contribution in [3.05, 3.63) is 64.2 Å². The van der Waals surface area contributed by atoms with Gasteiger partial charge in [0.05, 0.1) is 0 Å². The Kier molecular flexibility index (Phi) is 13.1. The van der Waals surface area contributed by atoms with Crippen molar-refractivity contribution in [3.8, 4) is 0 Å². The third kappa shape index (κ3) is 9.88. The van der Waals surface area contributed by atoms with E-state index in [0.29, 0.717) is 13.0 Å². The minimum absolute atomic E-state index is 0.177. The topological polar surface area (TPSA) is 87.7 Å². The van der Waals surface area contributed by atoms with Crippen molar-refractivity contribution in [2.75, 3.05) is 11.9 Å². The average molecular weight is 580 g/mol. The summed E-state index contributed by atoms with van der Waals surface area (Å²) in [5.74, 6) is -0.733. The normalized spacial score (nSPS) is 13.6. The molecular weight excluding hydrogens is 526 g/mol. The molecule has 2 aromatic carbocycles. The number of unbranched alkanes of at least 4 members (excludes halogenated alkanes) is 3. The Morgan fingerprint density at radius 2 is 1.55 bits per heavy atom. The fourth-order valence-electron chi connectivity index (χ4n) is 5.08. The molecule has 42 heavy (non-hydrogen) atoms. The number of anilines is 1. The summed E-state index contributed by atoms with van der Waals surface area (Å²) in [6, 6.07) is 10.2. The zero-order valence-electron chi connectivity index (χ0n) is 27.5. The number of benzene rings is 2. The predicted octanol–water partition coefficient (Wildman–Crippen LogP) is 7.95. The molecule has 0 aliphatic carbocycles. The third-order valence-electron chi connectivity index (χ3n) is 7.71. The number of carbonyl (C=O) groups excluding carboxylic acids is 3. The lowest BCUT2D eigenvalue weighted by Gasteiger charge is -2.37. The molecule has 0 radical (unpaired) electrons. The number of nitrogens with zero attached hydrogens (tertiary/aromatic N) is 1. The number of nitrogens with one attached hydrogen (secondary N) is 2. The molecule has 0 aliphatic rings. The Bertz CT molecular complexity index is 1200. The van der Waals surface area contributed by atoms with Gasteiger partial charge < -0.3 is 20.3 Å². The molecule has 0 aromatic heterocycles. The number of para-hydroxylation sites is 1. The molecule has 2 rings (SSSR count). The van der Waals surface area contributed by atoms with Crippen LogP contribution in [0.15, 0.2) is 36.4 Å². The van der Waals surface area contributed by atoms with E-state index >= 15 is 0 Å². The molecule has 0 saturated carbocycles. The lowest BCUT2D eigenvalue weighted by Crippen LogP contribution is -2.55. The van der Waals surface area contributed by atoms with Crippen molar-refractivity contribution in [2.45, 2.75) is 119 Å². The first-order valence-corrected chi connectivity index (χ1v) is 15.4. The van der Waals surface area contributed by atoms with Gasteiger partial charge in [0.15, 0.2) is 0 Å². The van der Waals surface area contributed by atoms with Crippen LogP contribution in [-0.2, 0) is 14.3 Å². The molecule has 0 bridgehead atoms. The first-order valence-electron chi connectivity index (χ1n) is 15.4. The number of hydrogen-bond donors (Lipinski definition) is 2. The Morgan fingerprint density at radius 3 is 2.12 bits per heavy atom. The van der Waals surface area contributed by atoms with Crippen LogP contribution in [0.25, 0.3) is 0 Å². The maximum atomic E-state index is 14.6. The molecule has 3 unspecified atom stereocenters. The van der Waals surface area contributed by atoms with E-state index in [1.165, 1.54) is 0 Å². The van der Waals surface area contributed by atoms with Gasteiger partial charge in [-0.25, -0.2) is 4.79 Å². The molecular formula is C35H53N3O4. The lowest BCUT2D eigenvalue weighted by molar-refractivity contribution is -0.142. The molecule has 232 valence electrons. The van der Waals surface area contributed by atoms with Gasteiger partial charge in [-0.1, -0.05) is 88.4 Å². The highest BCUT2D eigenvalue weighted by molar-refractivity contribution is 6.00. The number of ether oxygens (including phenoxy) is 1. The van der Waals surface area contributed by atoms with Crippen molar-refractivity contribution >= 4 is 23.6 Å². The average Bonchev–Trinajstić information content (AvgIpc) is 2.91. The van der Waals surface area contributed by atoms with Crippen molar-refractivity contribution in [1.82, 2.24) is 10.2 Å².